The van der Waals surface area contributed by atoms with Crippen LogP contribution in [0.25, 0.3) is 11.0 Å². The van der Waals surface area contributed by atoms with Gasteiger partial charge in [0.05, 0.1) is 28.6 Å². The molecule has 1 aliphatic rings. The quantitative estimate of drug-likeness (QED) is 0.924. The Morgan fingerprint density at radius 1 is 1.39 bits per heavy atom. The summed E-state index contributed by atoms with van der Waals surface area (Å²) in [6.07, 6.45) is -2.64. The lowest BCUT2D eigenvalue weighted by Gasteiger charge is -2.23. The van der Waals surface area contributed by atoms with Crippen LogP contribution < -0.4 is 0 Å². The lowest BCUT2D eigenvalue weighted by molar-refractivity contribution is -0.129. The molecule has 0 spiro atoms. The average Bonchev–Trinajstić information content (AvgIpc) is 3.12. The Hall–Kier alpha value is -1.70. The zero-order valence-corrected chi connectivity index (χ0v) is 13.1. The Morgan fingerprint density at radius 3 is 2.91 bits per heavy atom. The highest BCUT2D eigenvalue weighted by atomic mass is 32.2. The zero-order chi connectivity index (χ0) is 16.4. The summed E-state index contributed by atoms with van der Waals surface area (Å²) >= 11 is 0.611. The number of aromatic amines is 1. The van der Waals surface area contributed by atoms with Crippen LogP contribution in [0.2, 0.25) is 0 Å². The number of benzene rings is 1. The average molecular weight is 343 g/mol. The first-order chi connectivity index (χ1) is 10.9. The summed E-state index contributed by atoms with van der Waals surface area (Å²) in [4.78, 5) is 21.6. The first-order valence-electron chi connectivity index (χ1n) is 7.33. The number of carbonyl (C=O) groups excluding carboxylic acids is 1. The maximum Gasteiger partial charge on any atom is 0.397 e. The van der Waals surface area contributed by atoms with Crippen molar-refractivity contribution in [2.24, 2.45) is 0 Å². The van der Waals surface area contributed by atoms with Gasteiger partial charge in [-0.2, -0.15) is 13.2 Å². The van der Waals surface area contributed by atoms with E-state index < -0.39 is 11.9 Å². The van der Waals surface area contributed by atoms with Gasteiger partial charge in [0.15, 0.2) is 0 Å². The van der Waals surface area contributed by atoms with Gasteiger partial charge < -0.3 is 9.88 Å². The molecular weight excluding hydrogens is 327 g/mol. The lowest BCUT2D eigenvalue weighted by atomic mass is 10.2. The highest BCUT2D eigenvalue weighted by molar-refractivity contribution is 8.00. The number of thioether (sulfide) groups is 1. The van der Waals surface area contributed by atoms with E-state index in [0.717, 1.165) is 23.9 Å². The van der Waals surface area contributed by atoms with Crippen molar-refractivity contribution in [2.75, 3.05) is 18.1 Å². The number of alkyl halides is 3. The third kappa shape index (κ3) is 3.80. The second-order valence-electron chi connectivity index (χ2n) is 5.49. The van der Waals surface area contributed by atoms with E-state index in [1.807, 2.05) is 24.3 Å². The fraction of sp³-hybridized carbons (Fsp3) is 0.467. The van der Waals surface area contributed by atoms with Gasteiger partial charge in [0, 0.05) is 6.54 Å². The van der Waals surface area contributed by atoms with Crippen LogP contribution in [0.15, 0.2) is 24.3 Å². The van der Waals surface area contributed by atoms with Gasteiger partial charge in [-0.25, -0.2) is 4.98 Å². The van der Waals surface area contributed by atoms with Crippen LogP contribution in [-0.2, 0) is 4.79 Å². The fourth-order valence-electron chi connectivity index (χ4n) is 2.82. The van der Waals surface area contributed by atoms with E-state index in [2.05, 4.69) is 9.97 Å². The van der Waals surface area contributed by atoms with E-state index in [1.54, 1.807) is 4.90 Å². The van der Waals surface area contributed by atoms with Crippen molar-refractivity contribution in [3.63, 3.8) is 0 Å². The van der Waals surface area contributed by atoms with E-state index in [1.165, 1.54) is 0 Å². The number of para-hydroxylation sites is 2. The number of likely N-dealkylation sites (tertiary alicyclic amines) is 1. The number of rotatable bonds is 4. The van der Waals surface area contributed by atoms with Crippen LogP contribution in [0, 0.1) is 0 Å². The Kier molecular flexibility index (Phi) is 4.52. The number of hydrogen-bond donors (Lipinski definition) is 1. The number of nitrogens with zero attached hydrogens (tertiary/aromatic N) is 2. The summed E-state index contributed by atoms with van der Waals surface area (Å²) in [7, 11) is 0. The summed E-state index contributed by atoms with van der Waals surface area (Å²) < 4.78 is 36.5. The molecule has 0 aliphatic carbocycles. The molecule has 23 heavy (non-hydrogen) atoms. The van der Waals surface area contributed by atoms with Gasteiger partial charge in [-0.15, -0.1) is 11.8 Å². The van der Waals surface area contributed by atoms with Crippen molar-refractivity contribution in [1.29, 1.82) is 0 Å². The molecule has 2 heterocycles. The third-order valence-electron chi connectivity index (χ3n) is 3.79. The van der Waals surface area contributed by atoms with Crippen LogP contribution in [-0.4, -0.2) is 45.0 Å². The minimum atomic E-state index is -4.24. The molecule has 1 aromatic heterocycles. The van der Waals surface area contributed by atoms with Gasteiger partial charge in [0.1, 0.15) is 5.82 Å². The third-order valence-corrected chi connectivity index (χ3v) is 4.77. The van der Waals surface area contributed by atoms with E-state index in [0.29, 0.717) is 24.1 Å². The molecular formula is C15H16F3N3OS. The number of amides is 1. The number of H-pyrrole nitrogens is 1. The van der Waals surface area contributed by atoms with Crippen LogP contribution in [0.3, 0.4) is 0 Å². The molecule has 1 N–H and O–H groups in total. The Labute approximate surface area is 135 Å². The van der Waals surface area contributed by atoms with Crippen LogP contribution in [0.5, 0.6) is 0 Å². The lowest BCUT2D eigenvalue weighted by Crippen LogP contribution is -2.33. The molecule has 0 unspecified atom stereocenters. The first-order valence-corrected chi connectivity index (χ1v) is 8.48. The summed E-state index contributed by atoms with van der Waals surface area (Å²) in [6, 6.07) is 7.40. The predicted octanol–water partition coefficient (Wildman–Crippen LogP) is 3.52. The summed E-state index contributed by atoms with van der Waals surface area (Å²) in [5.41, 5.74) is 1.72. The van der Waals surface area contributed by atoms with E-state index >= 15 is 0 Å². The monoisotopic (exact) mass is 343 g/mol. The first kappa shape index (κ1) is 16.2. The van der Waals surface area contributed by atoms with Crippen molar-refractivity contribution >= 4 is 28.7 Å². The molecule has 8 heteroatoms. The molecule has 1 saturated heterocycles. The molecule has 3 rings (SSSR count). The molecule has 1 aliphatic heterocycles. The Morgan fingerprint density at radius 2 is 2.17 bits per heavy atom. The highest BCUT2D eigenvalue weighted by Crippen LogP contribution is 2.32. The van der Waals surface area contributed by atoms with Crippen LogP contribution in [0.1, 0.15) is 24.7 Å². The molecule has 1 aromatic carbocycles. The van der Waals surface area contributed by atoms with Gasteiger partial charge in [0.25, 0.3) is 0 Å². The summed E-state index contributed by atoms with van der Waals surface area (Å²) in [5, 5.41) is 0. The second-order valence-corrected chi connectivity index (χ2v) is 6.48. The van der Waals surface area contributed by atoms with E-state index in [4.69, 9.17) is 0 Å². The van der Waals surface area contributed by atoms with Crippen LogP contribution >= 0.6 is 11.8 Å². The number of fused-ring (bicyclic) bond motifs is 1. The number of hydrogen-bond acceptors (Lipinski definition) is 3. The van der Waals surface area contributed by atoms with Crippen molar-refractivity contribution < 1.29 is 18.0 Å². The maximum absolute atomic E-state index is 12.2. The number of aromatic nitrogens is 2. The standard InChI is InChI=1S/C15H16F3N3OS/c16-15(17,18)9-23-8-13(22)21-7-3-6-12(21)14-19-10-4-1-2-5-11(10)20-14/h1-2,4-5,12H,3,6-9H2,(H,19,20)/t12-/m0/s1. The molecule has 1 atom stereocenters. The number of nitrogens with one attached hydrogen (secondary N) is 1. The fourth-order valence-corrected chi connectivity index (χ4v) is 3.49. The van der Waals surface area contributed by atoms with Crippen molar-refractivity contribution in [2.45, 2.75) is 25.1 Å². The zero-order valence-electron chi connectivity index (χ0n) is 12.3. The van der Waals surface area contributed by atoms with Gasteiger partial charge in [-0.3, -0.25) is 4.79 Å². The molecule has 1 fully saturated rings. The molecule has 2 aromatic rings. The number of carbonyl (C=O) groups is 1. The topological polar surface area (TPSA) is 49.0 Å². The highest BCUT2D eigenvalue weighted by Gasteiger charge is 2.33. The summed E-state index contributed by atoms with van der Waals surface area (Å²) in [5.74, 6) is -0.710. The smallest absolute Gasteiger partial charge is 0.340 e. The van der Waals surface area contributed by atoms with Gasteiger partial charge in [0.2, 0.25) is 5.91 Å². The Balaban J connectivity index is 1.68. The van der Waals surface area contributed by atoms with Crippen molar-refractivity contribution in [3.8, 4) is 0 Å². The van der Waals surface area contributed by atoms with E-state index in [9.17, 15) is 18.0 Å². The maximum atomic E-state index is 12.2. The molecule has 0 radical (unpaired) electrons. The normalized spacial score (nSPS) is 18.7. The van der Waals surface area contributed by atoms with E-state index in [-0.39, 0.29) is 17.7 Å². The number of halogens is 3. The van der Waals surface area contributed by atoms with Gasteiger partial charge in [-0.1, -0.05) is 12.1 Å². The van der Waals surface area contributed by atoms with Crippen LogP contribution in [0.4, 0.5) is 13.2 Å². The molecule has 1 amide bonds. The largest absolute Gasteiger partial charge is 0.397 e. The van der Waals surface area contributed by atoms with Gasteiger partial charge in [-0.05, 0) is 25.0 Å². The Bertz CT molecular complexity index is 668. The van der Waals surface area contributed by atoms with Gasteiger partial charge >= 0.3 is 6.18 Å². The molecule has 0 bridgehead atoms. The number of imidazole rings is 1. The second kappa shape index (κ2) is 6.43. The van der Waals surface area contributed by atoms with Crippen molar-refractivity contribution in [3.05, 3.63) is 30.1 Å². The SMILES string of the molecule is O=C(CSCC(F)(F)F)N1CCC[C@H]1c1nc2ccccc2[nH]1. The molecule has 124 valence electrons. The van der Waals surface area contributed by atoms with Crippen molar-refractivity contribution in [1.82, 2.24) is 14.9 Å². The minimum absolute atomic E-state index is 0.157. The molecule has 4 nitrogen and oxygen atoms in total. The minimum Gasteiger partial charge on any atom is -0.340 e. The molecule has 0 saturated carbocycles. The summed E-state index contributed by atoms with van der Waals surface area (Å²) in [6.45, 7) is 0.563. The predicted molar refractivity (Wildman–Crippen MR) is 83.2 cm³/mol.